The standard InChI is InChI=1S/C19H17N5O2S/c1-12-16(25)24(11-13-7-4-3-5-8-13)19(26)23(2)17(12)27-18-21-14-9-6-10-20-15(14)22-18/h3-10H,11H2,1-2H3,(H,20,21,22). The van der Waals surface area contributed by atoms with E-state index in [1.165, 1.54) is 20.9 Å². The van der Waals surface area contributed by atoms with Crippen LogP contribution in [0.15, 0.2) is 68.4 Å². The van der Waals surface area contributed by atoms with E-state index in [0.29, 0.717) is 21.4 Å². The molecule has 27 heavy (non-hydrogen) atoms. The number of rotatable bonds is 4. The predicted molar refractivity (Wildman–Crippen MR) is 104 cm³/mol. The van der Waals surface area contributed by atoms with Crippen molar-refractivity contribution in [1.82, 2.24) is 24.1 Å². The Morgan fingerprint density at radius 3 is 2.63 bits per heavy atom. The van der Waals surface area contributed by atoms with Crippen molar-refractivity contribution < 1.29 is 0 Å². The minimum Gasteiger partial charge on any atom is -0.331 e. The third-order valence-electron chi connectivity index (χ3n) is 4.32. The summed E-state index contributed by atoms with van der Waals surface area (Å²) in [5.41, 5.74) is 2.16. The van der Waals surface area contributed by atoms with Gasteiger partial charge in [0, 0.05) is 18.8 Å². The highest BCUT2D eigenvalue weighted by molar-refractivity contribution is 7.99. The van der Waals surface area contributed by atoms with E-state index in [-0.39, 0.29) is 17.8 Å². The number of aromatic nitrogens is 5. The van der Waals surface area contributed by atoms with E-state index in [9.17, 15) is 9.59 Å². The summed E-state index contributed by atoms with van der Waals surface area (Å²) in [6.07, 6.45) is 1.67. The molecule has 0 unspecified atom stereocenters. The zero-order chi connectivity index (χ0) is 19.0. The molecule has 8 heteroatoms. The van der Waals surface area contributed by atoms with Crippen LogP contribution in [0.5, 0.6) is 0 Å². The molecule has 0 amide bonds. The number of H-pyrrole nitrogens is 1. The molecule has 3 aromatic heterocycles. The fraction of sp³-hybridized carbons (Fsp3) is 0.158. The predicted octanol–water partition coefficient (Wildman–Crippen LogP) is 2.33. The topological polar surface area (TPSA) is 85.6 Å². The van der Waals surface area contributed by atoms with Crippen molar-refractivity contribution in [3.63, 3.8) is 0 Å². The second kappa shape index (κ2) is 6.88. The summed E-state index contributed by atoms with van der Waals surface area (Å²) in [6.45, 7) is 1.97. The van der Waals surface area contributed by atoms with E-state index in [0.717, 1.165) is 11.1 Å². The number of nitrogens with zero attached hydrogens (tertiary/aromatic N) is 4. The van der Waals surface area contributed by atoms with Gasteiger partial charge < -0.3 is 4.98 Å². The lowest BCUT2D eigenvalue weighted by molar-refractivity contribution is 0.592. The second-order valence-electron chi connectivity index (χ2n) is 6.17. The minimum absolute atomic E-state index is 0.243. The molecule has 1 N–H and O–H groups in total. The van der Waals surface area contributed by atoms with Gasteiger partial charge in [-0.2, -0.15) is 0 Å². The highest BCUT2D eigenvalue weighted by Crippen LogP contribution is 2.26. The van der Waals surface area contributed by atoms with Crippen molar-refractivity contribution in [3.05, 3.63) is 80.6 Å². The van der Waals surface area contributed by atoms with Gasteiger partial charge in [0.25, 0.3) is 5.56 Å². The molecule has 0 saturated heterocycles. The zero-order valence-electron chi connectivity index (χ0n) is 14.8. The third kappa shape index (κ3) is 3.19. The molecule has 0 bridgehead atoms. The Morgan fingerprint density at radius 2 is 1.89 bits per heavy atom. The van der Waals surface area contributed by atoms with E-state index >= 15 is 0 Å². The maximum atomic E-state index is 12.8. The molecule has 4 rings (SSSR count). The van der Waals surface area contributed by atoms with Gasteiger partial charge in [0.2, 0.25) is 0 Å². The number of aromatic amines is 1. The molecular weight excluding hydrogens is 362 g/mol. The maximum Gasteiger partial charge on any atom is 0.331 e. The molecule has 7 nitrogen and oxygen atoms in total. The van der Waals surface area contributed by atoms with Gasteiger partial charge in [0.15, 0.2) is 10.8 Å². The number of hydrogen-bond donors (Lipinski definition) is 1. The summed E-state index contributed by atoms with van der Waals surface area (Å²) in [6, 6.07) is 13.2. The molecule has 0 aliphatic carbocycles. The molecular formula is C19H17N5O2S. The Morgan fingerprint density at radius 1 is 1.11 bits per heavy atom. The van der Waals surface area contributed by atoms with Gasteiger partial charge in [-0.15, -0.1) is 0 Å². The first-order valence-electron chi connectivity index (χ1n) is 8.37. The Bertz CT molecular complexity index is 1170. The van der Waals surface area contributed by atoms with Crippen molar-refractivity contribution in [2.24, 2.45) is 7.05 Å². The summed E-state index contributed by atoms with van der Waals surface area (Å²) in [7, 11) is 1.67. The van der Waals surface area contributed by atoms with Crippen molar-refractivity contribution in [3.8, 4) is 0 Å². The van der Waals surface area contributed by atoms with Crippen LogP contribution in [0, 0.1) is 6.92 Å². The smallest absolute Gasteiger partial charge is 0.331 e. The minimum atomic E-state index is -0.355. The molecule has 0 saturated carbocycles. The number of pyridine rings is 1. The molecule has 0 spiro atoms. The number of benzene rings is 1. The van der Waals surface area contributed by atoms with Gasteiger partial charge >= 0.3 is 5.69 Å². The molecule has 0 aliphatic heterocycles. The average Bonchev–Trinajstić information content (AvgIpc) is 3.10. The quantitative estimate of drug-likeness (QED) is 0.550. The van der Waals surface area contributed by atoms with Gasteiger partial charge in [0.1, 0.15) is 0 Å². The van der Waals surface area contributed by atoms with Crippen LogP contribution in [0.25, 0.3) is 11.2 Å². The lowest BCUT2D eigenvalue weighted by Crippen LogP contribution is -2.41. The number of imidazole rings is 1. The Kier molecular flexibility index (Phi) is 4.41. The first kappa shape index (κ1) is 17.3. The molecule has 0 radical (unpaired) electrons. The Balaban J connectivity index is 1.76. The van der Waals surface area contributed by atoms with Gasteiger partial charge in [-0.25, -0.2) is 14.8 Å². The van der Waals surface area contributed by atoms with Crippen LogP contribution in [0.2, 0.25) is 0 Å². The first-order valence-corrected chi connectivity index (χ1v) is 9.19. The van der Waals surface area contributed by atoms with Crippen molar-refractivity contribution in [2.75, 3.05) is 0 Å². The summed E-state index contributed by atoms with van der Waals surface area (Å²) >= 11 is 1.25. The van der Waals surface area contributed by atoms with E-state index in [2.05, 4.69) is 15.0 Å². The zero-order valence-corrected chi connectivity index (χ0v) is 15.7. The van der Waals surface area contributed by atoms with Gasteiger partial charge in [-0.3, -0.25) is 13.9 Å². The largest absolute Gasteiger partial charge is 0.331 e. The van der Waals surface area contributed by atoms with Crippen LogP contribution in [0.3, 0.4) is 0 Å². The van der Waals surface area contributed by atoms with Crippen LogP contribution in [-0.4, -0.2) is 24.1 Å². The summed E-state index contributed by atoms with van der Waals surface area (Å²) in [5.74, 6) is 0. The molecule has 1 aromatic carbocycles. The van der Waals surface area contributed by atoms with Crippen molar-refractivity contribution in [2.45, 2.75) is 23.7 Å². The Labute approximate surface area is 158 Å². The second-order valence-corrected chi connectivity index (χ2v) is 7.14. The average molecular weight is 379 g/mol. The summed E-state index contributed by atoms with van der Waals surface area (Å²) < 4.78 is 2.75. The lowest BCUT2D eigenvalue weighted by atomic mass is 10.2. The van der Waals surface area contributed by atoms with E-state index in [4.69, 9.17) is 0 Å². The molecule has 3 heterocycles. The molecule has 0 atom stereocenters. The van der Waals surface area contributed by atoms with Gasteiger partial charge in [-0.05, 0) is 36.4 Å². The van der Waals surface area contributed by atoms with E-state index in [1.807, 2.05) is 42.5 Å². The van der Waals surface area contributed by atoms with E-state index < -0.39 is 0 Å². The monoisotopic (exact) mass is 379 g/mol. The number of hydrogen-bond acceptors (Lipinski definition) is 5. The van der Waals surface area contributed by atoms with Crippen LogP contribution in [0.1, 0.15) is 11.1 Å². The van der Waals surface area contributed by atoms with Crippen LogP contribution in [0.4, 0.5) is 0 Å². The summed E-state index contributed by atoms with van der Waals surface area (Å²) in [5, 5.41) is 1.15. The third-order valence-corrected chi connectivity index (χ3v) is 5.48. The SMILES string of the molecule is Cc1c(Sc2nc3ncccc3[nH]2)n(C)c(=O)n(Cc2ccccc2)c1=O. The molecule has 4 aromatic rings. The first-order chi connectivity index (χ1) is 13.0. The van der Waals surface area contributed by atoms with Crippen LogP contribution >= 0.6 is 11.8 Å². The van der Waals surface area contributed by atoms with E-state index in [1.54, 1.807) is 20.2 Å². The molecule has 136 valence electrons. The molecule has 0 fully saturated rings. The van der Waals surface area contributed by atoms with Crippen LogP contribution in [-0.2, 0) is 13.6 Å². The highest BCUT2D eigenvalue weighted by atomic mass is 32.2. The normalized spacial score (nSPS) is 11.2. The van der Waals surface area contributed by atoms with Gasteiger partial charge in [0.05, 0.1) is 17.1 Å². The van der Waals surface area contributed by atoms with Crippen LogP contribution < -0.4 is 11.2 Å². The Hall–Kier alpha value is -3.13. The maximum absolute atomic E-state index is 12.8. The number of nitrogens with one attached hydrogen (secondary N) is 1. The summed E-state index contributed by atoms with van der Waals surface area (Å²) in [4.78, 5) is 37.4. The van der Waals surface area contributed by atoms with Crippen molar-refractivity contribution >= 4 is 22.9 Å². The fourth-order valence-electron chi connectivity index (χ4n) is 2.91. The van der Waals surface area contributed by atoms with Gasteiger partial charge in [-0.1, -0.05) is 30.3 Å². The fourth-order valence-corrected chi connectivity index (χ4v) is 3.85. The number of fused-ring (bicyclic) bond motifs is 1. The highest BCUT2D eigenvalue weighted by Gasteiger charge is 2.17. The molecule has 0 aliphatic rings. The lowest BCUT2D eigenvalue weighted by Gasteiger charge is -2.13. The van der Waals surface area contributed by atoms with Crippen molar-refractivity contribution in [1.29, 1.82) is 0 Å².